The number of ether oxygens (including phenoxy) is 2. The third kappa shape index (κ3) is 5.34. The van der Waals surface area contributed by atoms with E-state index in [1.807, 2.05) is 37.8 Å². The second-order valence-corrected chi connectivity index (χ2v) is 8.24. The Kier molecular flexibility index (Phi) is 5.87. The summed E-state index contributed by atoms with van der Waals surface area (Å²) in [5, 5.41) is 0. The smallest absolute Gasteiger partial charge is 0.410 e. The number of carbonyl (C=O) groups excluding carboxylic acids is 2. The fourth-order valence-electron chi connectivity index (χ4n) is 3.53. The van der Waals surface area contributed by atoms with Crippen molar-refractivity contribution in [3.05, 3.63) is 24.5 Å². The molecule has 0 spiro atoms. The molecule has 1 aromatic heterocycles. The second kappa shape index (κ2) is 8.15. The Labute approximate surface area is 160 Å². The number of likely N-dealkylation sites (tertiary alicyclic amines) is 2. The average Bonchev–Trinajstić information content (AvgIpc) is 3.09. The Morgan fingerprint density at radius 3 is 2.44 bits per heavy atom. The molecule has 2 amide bonds. The lowest BCUT2D eigenvalue weighted by Gasteiger charge is -2.34. The van der Waals surface area contributed by atoms with E-state index < -0.39 is 5.60 Å². The van der Waals surface area contributed by atoms with E-state index in [2.05, 4.69) is 4.98 Å². The van der Waals surface area contributed by atoms with Gasteiger partial charge in [0.15, 0.2) is 0 Å². The number of hydrogen-bond acceptors (Lipinski definition) is 5. The highest BCUT2D eigenvalue weighted by Gasteiger charge is 2.35. The number of rotatable bonds is 3. The Morgan fingerprint density at radius 2 is 1.81 bits per heavy atom. The molecule has 2 aliphatic heterocycles. The number of nitrogens with zero attached hydrogens (tertiary/aromatic N) is 3. The average molecular weight is 375 g/mol. The van der Waals surface area contributed by atoms with Gasteiger partial charge in [0, 0.05) is 38.2 Å². The maximum Gasteiger partial charge on any atom is 0.410 e. The minimum absolute atomic E-state index is 0.0139. The molecule has 1 atom stereocenters. The molecule has 0 aromatic carbocycles. The normalized spacial score (nSPS) is 21.2. The van der Waals surface area contributed by atoms with E-state index in [1.165, 1.54) is 0 Å². The van der Waals surface area contributed by atoms with Crippen LogP contribution in [0.3, 0.4) is 0 Å². The molecule has 0 N–H and O–H groups in total. The fraction of sp³-hybridized carbons (Fsp3) is 0.650. The van der Waals surface area contributed by atoms with E-state index in [0.29, 0.717) is 32.5 Å². The molecule has 148 valence electrons. The second-order valence-electron chi connectivity index (χ2n) is 8.24. The quantitative estimate of drug-likeness (QED) is 0.812. The van der Waals surface area contributed by atoms with E-state index in [0.717, 1.165) is 18.7 Å². The zero-order chi connectivity index (χ0) is 19.4. The van der Waals surface area contributed by atoms with Crippen LogP contribution in [0.5, 0.6) is 5.75 Å². The monoisotopic (exact) mass is 375 g/mol. The summed E-state index contributed by atoms with van der Waals surface area (Å²) >= 11 is 0. The highest BCUT2D eigenvalue weighted by atomic mass is 16.6. The topological polar surface area (TPSA) is 72.0 Å². The molecular formula is C20H29N3O4. The molecule has 3 heterocycles. The van der Waals surface area contributed by atoms with Crippen molar-refractivity contribution in [2.75, 3.05) is 26.2 Å². The van der Waals surface area contributed by atoms with Gasteiger partial charge in [0.2, 0.25) is 5.91 Å². The fourth-order valence-corrected chi connectivity index (χ4v) is 3.53. The van der Waals surface area contributed by atoms with Crippen molar-refractivity contribution in [3.8, 4) is 5.75 Å². The van der Waals surface area contributed by atoms with Gasteiger partial charge in [0.1, 0.15) is 17.5 Å². The van der Waals surface area contributed by atoms with Gasteiger partial charge in [-0.3, -0.25) is 9.78 Å². The van der Waals surface area contributed by atoms with Crippen LogP contribution in [-0.4, -0.2) is 64.7 Å². The maximum absolute atomic E-state index is 12.8. The number of pyridine rings is 1. The number of piperidine rings is 1. The van der Waals surface area contributed by atoms with Gasteiger partial charge >= 0.3 is 6.09 Å². The third-order valence-electron chi connectivity index (χ3n) is 4.89. The van der Waals surface area contributed by atoms with Crippen molar-refractivity contribution >= 4 is 12.0 Å². The molecule has 1 aromatic rings. The van der Waals surface area contributed by atoms with E-state index in [-0.39, 0.29) is 24.0 Å². The predicted octanol–water partition coefficient (Wildman–Crippen LogP) is 2.71. The van der Waals surface area contributed by atoms with Gasteiger partial charge in [-0.15, -0.1) is 0 Å². The summed E-state index contributed by atoms with van der Waals surface area (Å²) in [4.78, 5) is 32.6. The van der Waals surface area contributed by atoms with E-state index in [4.69, 9.17) is 9.47 Å². The van der Waals surface area contributed by atoms with Crippen molar-refractivity contribution in [2.24, 2.45) is 5.92 Å². The molecule has 0 radical (unpaired) electrons. The standard InChI is InChI=1S/C20H29N3O4/c1-20(2,3)27-19(25)22-10-6-15(7-11-22)18(24)23-12-8-17(14-23)26-16-5-4-9-21-13-16/h4-5,9,13,15,17H,6-8,10-12,14H2,1-3H3/t17-/m1/s1. The van der Waals surface area contributed by atoms with E-state index in [1.54, 1.807) is 17.3 Å². The maximum atomic E-state index is 12.8. The first kappa shape index (κ1) is 19.5. The lowest BCUT2D eigenvalue weighted by Crippen LogP contribution is -2.45. The Balaban J connectivity index is 1.45. The molecule has 7 nitrogen and oxygen atoms in total. The lowest BCUT2D eigenvalue weighted by atomic mass is 9.95. The van der Waals surface area contributed by atoms with Gasteiger partial charge in [0.05, 0.1) is 12.7 Å². The van der Waals surface area contributed by atoms with Gasteiger partial charge < -0.3 is 19.3 Å². The molecule has 2 fully saturated rings. The van der Waals surface area contributed by atoms with Gasteiger partial charge in [0.25, 0.3) is 0 Å². The largest absolute Gasteiger partial charge is 0.487 e. The van der Waals surface area contributed by atoms with Gasteiger partial charge in [-0.25, -0.2) is 4.79 Å². The van der Waals surface area contributed by atoms with E-state index in [9.17, 15) is 9.59 Å². The first-order chi connectivity index (χ1) is 12.8. The minimum atomic E-state index is -0.497. The molecule has 0 aliphatic carbocycles. The Morgan fingerprint density at radius 1 is 1.11 bits per heavy atom. The highest BCUT2D eigenvalue weighted by molar-refractivity contribution is 5.79. The first-order valence-electron chi connectivity index (χ1n) is 9.65. The summed E-state index contributed by atoms with van der Waals surface area (Å²) in [5.41, 5.74) is -0.497. The molecule has 3 rings (SSSR count). The van der Waals surface area contributed by atoms with Crippen LogP contribution < -0.4 is 4.74 Å². The van der Waals surface area contributed by atoms with Crippen molar-refractivity contribution in [1.82, 2.24) is 14.8 Å². The summed E-state index contributed by atoms with van der Waals surface area (Å²) in [6.07, 6.45) is 5.32. The highest BCUT2D eigenvalue weighted by Crippen LogP contribution is 2.25. The van der Waals surface area contributed by atoms with Crippen molar-refractivity contribution in [2.45, 2.75) is 51.7 Å². The van der Waals surface area contributed by atoms with Gasteiger partial charge in [-0.05, 0) is 45.7 Å². The number of aromatic nitrogens is 1. The van der Waals surface area contributed by atoms with Crippen LogP contribution in [0.2, 0.25) is 0 Å². The summed E-state index contributed by atoms with van der Waals surface area (Å²) < 4.78 is 11.3. The van der Waals surface area contributed by atoms with E-state index >= 15 is 0 Å². The Bertz CT molecular complexity index is 651. The van der Waals surface area contributed by atoms with Crippen molar-refractivity contribution in [3.63, 3.8) is 0 Å². The summed E-state index contributed by atoms with van der Waals surface area (Å²) in [7, 11) is 0. The van der Waals surface area contributed by atoms with Crippen molar-refractivity contribution < 1.29 is 19.1 Å². The van der Waals surface area contributed by atoms with Crippen LogP contribution in [0.4, 0.5) is 4.79 Å². The van der Waals surface area contributed by atoms with Crippen LogP contribution in [0.1, 0.15) is 40.0 Å². The van der Waals surface area contributed by atoms with Crippen LogP contribution in [0.25, 0.3) is 0 Å². The van der Waals surface area contributed by atoms with Crippen LogP contribution in [-0.2, 0) is 9.53 Å². The molecule has 0 saturated carbocycles. The summed E-state index contributed by atoms with van der Waals surface area (Å²) in [6.45, 7) is 8.04. The van der Waals surface area contributed by atoms with Crippen LogP contribution in [0, 0.1) is 5.92 Å². The molecular weight excluding hydrogens is 346 g/mol. The zero-order valence-electron chi connectivity index (χ0n) is 16.4. The molecule has 2 saturated heterocycles. The SMILES string of the molecule is CC(C)(C)OC(=O)N1CCC(C(=O)N2CC[C@@H](Oc3cccnc3)C2)CC1. The number of hydrogen-bond donors (Lipinski definition) is 0. The molecule has 2 aliphatic rings. The zero-order valence-corrected chi connectivity index (χ0v) is 16.4. The Hall–Kier alpha value is -2.31. The molecule has 0 unspecified atom stereocenters. The lowest BCUT2D eigenvalue weighted by molar-refractivity contribution is -0.136. The summed E-state index contributed by atoms with van der Waals surface area (Å²) in [5.74, 6) is 0.888. The number of carbonyl (C=O) groups is 2. The van der Waals surface area contributed by atoms with Crippen LogP contribution in [0.15, 0.2) is 24.5 Å². The van der Waals surface area contributed by atoms with Crippen LogP contribution >= 0.6 is 0 Å². The van der Waals surface area contributed by atoms with Gasteiger partial charge in [-0.2, -0.15) is 0 Å². The molecule has 0 bridgehead atoms. The first-order valence-corrected chi connectivity index (χ1v) is 9.65. The summed E-state index contributed by atoms with van der Waals surface area (Å²) in [6, 6.07) is 3.72. The van der Waals surface area contributed by atoms with Crippen molar-refractivity contribution in [1.29, 1.82) is 0 Å². The van der Waals surface area contributed by atoms with Gasteiger partial charge in [-0.1, -0.05) is 0 Å². The predicted molar refractivity (Wildman–Crippen MR) is 100 cm³/mol. The molecule has 27 heavy (non-hydrogen) atoms. The third-order valence-corrected chi connectivity index (χ3v) is 4.89. The number of amides is 2. The minimum Gasteiger partial charge on any atom is -0.487 e. The molecule has 7 heteroatoms.